The lowest BCUT2D eigenvalue weighted by molar-refractivity contribution is 0.0185. The van der Waals surface area contributed by atoms with E-state index >= 15 is 0 Å². The third kappa shape index (κ3) is 3.78. The van der Waals surface area contributed by atoms with Crippen LogP contribution in [0.5, 0.6) is 0 Å². The molecule has 0 aliphatic rings. The third-order valence-electron chi connectivity index (χ3n) is 3.42. The van der Waals surface area contributed by atoms with E-state index in [0.29, 0.717) is 0 Å². The predicted octanol–water partition coefficient (Wildman–Crippen LogP) is 3.59. The average Bonchev–Trinajstić information content (AvgIpc) is 2.88. The van der Waals surface area contributed by atoms with Crippen LogP contribution in [0.1, 0.15) is 49.8 Å². The van der Waals surface area contributed by atoms with Crippen molar-refractivity contribution in [3.63, 3.8) is 0 Å². The van der Waals surface area contributed by atoms with Crippen LogP contribution in [0.15, 0.2) is 36.7 Å². The van der Waals surface area contributed by atoms with Crippen molar-refractivity contribution in [3.8, 4) is 11.8 Å². The van der Waals surface area contributed by atoms with Gasteiger partial charge < -0.3 is 9.30 Å². The van der Waals surface area contributed by atoms with Gasteiger partial charge in [-0.2, -0.15) is 4.39 Å². The maximum atomic E-state index is 14.0. The maximum absolute atomic E-state index is 14.0. The Hall–Kier alpha value is -2.61. The molecule has 1 heterocycles. The number of carbonyl (C=O) groups is 1. The highest BCUT2D eigenvalue weighted by Crippen LogP contribution is 2.22. The molecule has 2 rings (SSSR count). The van der Waals surface area contributed by atoms with Crippen molar-refractivity contribution in [1.29, 1.82) is 0 Å². The Morgan fingerprint density at radius 1 is 1.35 bits per heavy atom. The summed E-state index contributed by atoms with van der Waals surface area (Å²) >= 11 is 0. The lowest BCUT2D eigenvalue weighted by Gasteiger charge is -2.21. The van der Waals surface area contributed by atoms with Crippen molar-refractivity contribution < 1.29 is 13.9 Å². The van der Waals surface area contributed by atoms with Crippen LogP contribution in [-0.2, 0) is 4.74 Å². The zero-order valence-corrected chi connectivity index (χ0v) is 13.6. The molecule has 0 aliphatic carbocycles. The molecular weight excluding hydrogens is 295 g/mol. The summed E-state index contributed by atoms with van der Waals surface area (Å²) in [5.41, 5.74) is -0.262. The molecule has 0 saturated carbocycles. The van der Waals surface area contributed by atoms with Crippen LogP contribution < -0.4 is 0 Å². The van der Waals surface area contributed by atoms with Crippen LogP contribution in [0.4, 0.5) is 4.39 Å². The minimum atomic E-state index is -0.997. The number of rotatable bonds is 4. The molecule has 4 nitrogen and oxygen atoms in total. The first kappa shape index (κ1) is 16.8. The van der Waals surface area contributed by atoms with Crippen LogP contribution in [0.2, 0.25) is 0 Å². The third-order valence-corrected chi connectivity index (χ3v) is 3.42. The topological polar surface area (TPSA) is 44.1 Å². The van der Waals surface area contributed by atoms with E-state index in [-0.39, 0.29) is 11.7 Å². The van der Waals surface area contributed by atoms with Gasteiger partial charge in [0.15, 0.2) is 11.3 Å². The number of aromatic nitrogens is 2. The Morgan fingerprint density at radius 2 is 2.00 bits per heavy atom. The maximum Gasteiger partial charge on any atom is 0.361 e. The highest BCUT2D eigenvalue weighted by Gasteiger charge is 2.28. The number of benzene rings is 1. The molecule has 0 N–H and O–H groups in total. The lowest BCUT2D eigenvalue weighted by Crippen LogP contribution is -2.28. The van der Waals surface area contributed by atoms with Crippen LogP contribution in [-0.4, -0.2) is 21.1 Å². The molecule has 1 aromatic heterocycles. The summed E-state index contributed by atoms with van der Waals surface area (Å²) in [5.74, 6) is 3.83. The fourth-order valence-corrected chi connectivity index (χ4v) is 2.32. The minimum Gasteiger partial charge on any atom is -0.442 e. The quantitative estimate of drug-likeness (QED) is 0.640. The van der Waals surface area contributed by atoms with Gasteiger partial charge in [0, 0.05) is 0 Å². The van der Waals surface area contributed by atoms with E-state index < -0.39 is 17.5 Å². The second-order valence-corrected chi connectivity index (χ2v) is 5.65. The van der Waals surface area contributed by atoms with Crippen LogP contribution >= 0.6 is 0 Å². The number of imidazole rings is 1. The lowest BCUT2D eigenvalue weighted by atomic mass is 10.1. The van der Waals surface area contributed by atoms with Gasteiger partial charge in [0.05, 0.1) is 12.4 Å². The van der Waals surface area contributed by atoms with E-state index in [1.54, 1.807) is 20.8 Å². The molecule has 0 radical (unpaired) electrons. The molecule has 0 amide bonds. The van der Waals surface area contributed by atoms with Gasteiger partial charge in [-0.3, -0.25) is 0 Å². The van der Waals surface area contributed by atoms with Gasteiger partial charge in [-0.15, -0.1) is 5.92 Å². The summed E-state index contributed by atoms with van der Waals surface area (Å²) in [7, 11) is 0. The molecule has 0 fully saturated rings. The van der Waals surface area contributed by atoms with E-state index in [9.17, 15) is 9.18 Å². The Kier molecular flexibility index (Phi) is 4.85. The summed E-state index contributed by atoms with van der Waals surface area (Å²) in [6, 6.07) is 9.23. The number of ether oxygens (including phenoxy) is 1. The summed E-state index contributed by atoms with van der Waals surface area (Å²) < 4.78 is 20.8. The summed E-state index contributed by atoms with van der Waals surface area (Å²) in [6.07, 6.45) is 1.31. The molecule has 0 spiro atoms. The molecule has 23 heavy (non-hydrogen) atoms. The summed E-state index contributed by atoms with van der Waals surface area (Å²) in [5, 5.41) is 0. The molecule has 2 aromatic rings. The van der Waals surface area contributed by atoms with E-state index in [1.807, 2.05) is 37.3 Å². The molecule has 0 bridgehead atoms. The number of hydrogen-bond donors (Lipinski definition) is 0. The summed E-state index contributed by atoms with van der Waals surface area (Å²) in [4.78, 5) is 16.0. The fraction of sp³-hybridized carbons (Fsp3) is 0.333. The monoisotopic (exact) mass is 314 g/mol. The van der Waals surface area contributed by atoms with Crippen molar-refractivity contribution in [1.82, 2.24) is 9.55 Å². The fourth-order valence-electron chi connectivity index (χ4n) is 2.32. The first-order valence-corrected chi connectivity index (χ1v) is 7.30. The Labute approximate surface area is 135 Å². The molecule has 0 aliphatic heterocycles. The molecule has 0 unspecified atom stereocenters. The first-order chi connectivity index (χ1) is 10.9. The highest BCUT2D eigenvalue weighted by atomic mass is 19.1. The second-order valence-electron chi connectivity index (χ2n) is 5.65. The molecule has 5 heteroatoms. The largest absolute Gasteiger partial charge is 0.442 e. The SMILES string of the molecule is CC#CC(C)(C)OC(=O)c1c(F)ncn1[C@H](C)c1ccccc1. The Balaban J connectivity index is 2.35. The van der Waals surface area contributed by atoms with Gasteiger partial charge in [-0.1, -0.05) is 36.3 Å². The van der Waals surface area contributed by atoms with Gasteiger partial charge in [-0.25, -0.2) is 9.78 Å². The van der Waals surface area contributed by atoms with Crippen molar-refractivity contribution in [2.75, 3.05) is 0 Å². The van der Waals surface area contributed by atoms with Crippen molar-refractivity contribution in [2.24, 2.45) is 0 Å². The van der Waals surface area contributed by atoms with Gasteiger partial charge in [-0.05, 0) is 33.3 Å². The van der Waals surface area contributed by atoms with Gasteiger partial charge in [0.1, 0.15) is 0 Å². The van der Waals surface area contributed by atoms with E-state index in [2.05, 4.69) is 16.8 Å². The van der Waals surface area contributed by atoms with E-state index in [4.69, 9.17) is 4.74 Å². The van der Waals surface area contributed by atoms with Crippen molar-refractivity contribution in [2.45, 2.75) is 39.3 Å². The zero-order chi connectivity index (χ0) is 17.0. The van der Waals surface area contributed by atoms with Crippen LogP contribution in [0.3, 0.4) is 0 Å². The second kappa shape index (κ2) is 6.66. The highest BCUT2D eigenvalue weighted by molar-refractivity contribution is 5.88. The Bertz CT molecular complexity index is 754. The number of nitrogens with zero attached hydrogens (tertiary/aromatic N) is 2. The van der Waals surface area contributed by atoms with Crippen molar-refractivity contribution in [3.05, 3.63) is 53.9 Å². The zero-order valence-electron chi connectivity index (χ0n) is 13.6. The predicted molar refractivity (Wildman–Crippen MR) is 85.4 cm³/mol. The van der Waals surface area contributed by atoms with Crippen LogP contribution in [0.25, 0.3) is 0 Å². The molecule has 1 aromatic carbocycles. The van der Waals surface area contributed by atoms with E-state index in [1.165, 1.54) is 10.9 Å². The van der Waals surface area contributed by atoms with Gasteiger partial charge in [0.2, 0.25) is 5.95 Å². The molecular formula is C18H19FN2O2. The van der Waals surface area contributed by atoms with Gasteiger partial charge in [0.25, 0.3) is 0 Å². The van der Waals surface area contributed by atoms with E-state index in [0.717, 1.165) is 5.56 Å². The smallest absolute Gasteiger partial charge is 0.361 e. The number of esters is 1. The average molecular weight is 314 g/mol. The summed E-state index contributed by atoms with van der Waals surface area (Å²) in [6.45, 7) is 6.82. The standard InChI is InChI=1S/C18H19FN2O2/c1-5-11-18(3,4)23-17(22)15-16(19)20-12-21(15)13(2)14-9-7-6-8-10-14/h6-10,12-13H,1-4H3/t13-/m1/s1. The number of halogens is 1. The molecule has 120 valence electrons. The van der Waals surface area contributed by atoms with Crippen molar-refractivity contribution >= 4 is 5.97 Å². The molecule has 0 saturated heterocycles. The normalized spacial score (nSPS) is 12.2. The number of carbonyl (C=O) groups excluding carboxylic acids is 1. The Morgan fingerprint density at radius 3 is 2.61 bits per heavy atom. The number of hydrogen-bond acceptors (Lipinski definition) is 3. The first-order valence-electron chi connectivity index (χ1n) is 7.30. The minimum absolute atomic E-state index is 0.202. The van der Waals surface area contributed by atoms with Gasteiger partial charge >= 0.3 is 5.97 Å². The van der Waals surface area contributed by atoms with Crippen LogP contribution in [0, 0.1) is 17.8 Å². The molecule has 1 atom stereocenters.